The van der Waals surface area contributed by atoms with Crippen LogP contribution in [0.2, 0.25) is 5.02 Å². The third-order valence-electron chi connectivity index (χ3n) is 2.36. The molecule has 3 nitrogen and oxygen atoms in total. The zero-order valence-electron chi connectivity index (χ0n) is 7.85. The van der Waals surface area contributed by atoms with Gasteiger partial charge in [0.2, 0.25) is 0 Å². The average Bonchev–Trinajstić information content (AvgIpc) is 2.68. The van der Waals surface area contributed by atoms with Crippen molar-refractivity contribution in [3.8, 4) is 0 Å². The van der Waals surface area contributed by atoms with E-state index in [0.717, 1.165) is 5.56 Å². The van der Waals surface area contributed by atoms with Gasteiger partial charge in [0.15, 0.2) is 5.37 Å². The Morgan fingerprint density at radius 2 is 2.13 bits per heavy atom. The van der Waals surface area contributed by atoms with E-state index in [4.69, 9.17) is 11.6 Å². The Labute approximate surface area is 96.8 Å². The van der Waals surface area contributed by atoms with Gasteiger partial charge in [0.25, 0.3) is 0 Å². The Kier molecular flexibility index (Phi) is 3.19. The Morgan fingerprint density at radius 3 is 2.67 bits per heavy atom. The third kappa shape index (κ3) is 2.45. The van der Waals surface area contributed by atoms with Gasteiger partial charge in [0.1, 0.15) is 12.0 Å². The van der Waals surface area contributed by atoms with E-state index in [-0.39, 0.29) is 5.37 Å². The van der Waals surface area contributed by atoms with Crippen LogP contribution in [0, 0.1) is 0 Å². The van der Waals surface area contributed by atoms with E-state index in [1.165, 1.54) is 0 Å². The van der Waals surface area contributed by atoms with E-state index in [9.17, 15) is 9.90 Å². The summed E-state index contributed by atoms with van der Waals surface area (Å²) in [6, 6.07) is 7.05. The van der Waals surface area contributed by atoms with Crippen molar-refractivity contribution in [1.29, 1.82) is 0 Å². The fourth-order valence-corrected chi connectivity index (χ4v) is 2.97. The summed E-state index contributed by atoms with van der Waals surface area (Å²) < 4.78 is 0. The Bertz CT molecular complexity index is 368. The van der Waals surface area contributed by atoms with Crippen molar-refractivity contribution in [2.45, 2.75) is 11.4 Å². The molecule has 1 fully saturated rings. The molecule has 2 atom stereocenters. The molecule has 0 bridgehead atoms. The second-order valence-corrected chi connectivity index (χ2v) is 5.03. The molecule has 0 spiro atoms. The lowest BCUT2D eigenvalue weighted by molar-refractivity contribution is -0.690. The van der Waals surface area contributed by atoms with Crippen LogP contribution in [0.3, 0.4) is 0 Å². The Morgan fingerprint density at radius 1 is 1.47 bits per heavy atom. The molecule has 2 N–H and O–H groups in total. The van der Waals surface area contributed by atoms with Crippen LogP contribution in [-0.2, 0) is 4.79 Å². The van der Waals surface area contributed by atoms with Crippen molar-refractivity contribution in [2.75, 3.05) is 5.75 Å². The molecule has 0 unspecified atom stereocenters. The number of quaternary nitrogens is 1. The molecule has 1 heterocycles. The maximum absolute atomic E-state index is 10.7. The van der Waals surface area contributed by atoms with Crippen LogP contribution in [0.15, 0.2) is 24.3 Å². The number of nitrogens with two attached hydrogens (primary N) is 1. The molecule has 1 saturated heterocycles. The van der Waals surface area contributed by atoms with Gasteiger partial charge in [-0.25, -0.2) is 0 Å². The summed E-state index contributed by atoms with van der Waals surface area (Å²) in [5, 5.41) is 13.3. The monoisotopic (exact) mass is 243 g/mol. The number of carboxylic acids is 1. The fraction of sp³-hybridized carbons (Fsp3) is 0.300. The Balaban J connectivity index is 2.07. The summed E-state index contributed by atoms with van der Waals surface area (Å²) in [4.78, 5) is 10.7. The largest absolute Gasteiger partial charge is 0.544 e. The number of carboxylic acid groups (broad SMARTS) is 1. The molecule has 0 aromatic heterocycles. The Hall–Kier alpha value is -0.710. The molecule has 2 rings (SSSR count). The van der Waals surface area contributed by atoms with Crippen molar-refractivity contribution >= 4 is 29.3 Å². The molecule has 5 heteroatoms. The first-order chi connectivity index (χ1) is 7.16. The molecule has 0 radical (unpaired) electrons. The maximum atomic E-state index is 10.7. The molecule has 1 aromatic rings. The molecule has 80 valence electrons. The molecule has 0 amide bonds. The molecular weight excluding hydrogens is 234 g/mol. The number of hydrogen-bond donors (Lipinski definition) is 1. The van der Waals surface area contributed by atoms with Gasteiger partial charge in [-0.15, -0.1) is 0 Å². The van der Waals surface area contributed by atoms with Gasteiger partial charge in [-0.3, -0.25) is 0 Å². The second-order valence-electron chi connectivity index (χ2n) is 3.42. The first kappa shape index (κ1) is 10.8. The van der Waals surface area contributed by atoms with E-state index < -0.39 is 12.0 Å². The molecule has 1 aromatic carbocycles. The fourth-order valence-electron chi connectivity index (χ4n) is 1.54. The number of carbonyl (C=O) groups is 1. The van der Waals surface area contributed by atoms with Crippen LogP contribution in [0.4, 0.5) is 0 Å². The van der Waals surface area contributed by atoms with Crippen LogP contribution in [0.1, 0.15) is 10.9 Å². The minimum atomic E-state index is -0.987. The first-order valence-corrected chi connectivity index (χ1v) is 6.02. The molecule has 1 aliphatic rings. The topological polar surface area (TPSA) is 56.7 Å². The molecule has 0 aliphatic carbocycles. The highest BCUT2D eigenvalue weighted by Crippen LogP contribution is 2.27. The third-order valence-corrected chi connectivity index (χ3v) is 3.96. The van der Waals surface area contributed by atoms with Gasteiger partial charge in [-0.2, -0.15) is 0 Å². The van der Waals surface area contributed by atoms with Crippen LogP contribution < -0.4 is 10.4 Å². The summed E-state index contributed by atoms with van der Waals surface area (Å²) >= 11 is 7.39. The maximum Gasteiger partial charge on any atom is 0.159 e. The number of thioether (sulfide) groups is 1. The highest BCUT2D eigenvalue weighted by atomic mass is 35.5. The molecule has 0 saturated carbocycles. The van der Waals surface area contributed by atoms with Crippen molar-refractivity contribution in [3.63, 3.8) is 0 Å². The van der Waals surface area contributed by atoms with Gasteiger partial charge >= 0.3 is 0 Å². The van der Waals surface area contributed by atoms with E-state index in [1.54, 1.807) is 11.8 Å². The highest BCUT2D eigenvalue weighted by Gasteiger charge is 2.30. The predicted octanol–water partition coefficient (Wildman–Crippen LogP) is -0.233. The number of aliphatic carboxylic acids is 1. The number of halogens is 1. The van der Waals surface area contributed by atoms with Crippen molar-refractivity contribution in [2.24, 2.45) is 0 Å². The zero-order chi connectivity index (χ0) is 10.8. The second kappa shape index (κ2) is 4.43. The number of carbonyl (C=O) groups excluding carboxylic acids is 1. The lowest BCUT2D eigenvalue weighted by Gasteiger charge is -2.10. The van der Waals surface area contributed by atoms with Gasteiger partial charge < -0.3 is 15.2 Å². The number of hydrogen-bond acceptors (Lipinski definition) is 3. The van der Waals surface area contributed by atoms with E-state index in [1.807, 2.05) is 29.6 Å². The van der Waals surface area contributed by atoms with Crippen LogP contribution >= 0.6 is 23.4 Å². The minimum absolute atomic E-state index is 0.144. The van der Waals surface area contributed by atoms with Gasteiger partial charge in [0.05, 0.1) is 5.75 Å². The predicted molar refractivity (Wildman–Crippen MR) is 57.4 cm³/mol. The molecule has 1 aliphatic heterocycles. The average molecular weight is 244 g/mol. The van der Waals surface area contributed by atoms with Crippen molar-refractivity contribution < 1.29 is 15.2 Å². The summed E-state index contributed by atoms with van der Waals surface area (Å²) in [6.07, 6.45) is 0. The zero-order valence-corrected chi connectivity index (χ0v) is 9.42. The first-order valence-electron chi connectivity index (χ1n) is 4.60. The van der Waals surface area contributed by atoms with E-state index in [0.29, 0.717) is 10.8 Å². The number of rotatable bonds is 2. The van der Waals surface area contributed by atoms with Crippen molar-refractivity contribution in [1.82, 2.24) is 0 Å². The summed E-state index contributed by atoms with van der Waals surface area (Å²) in [7, 11) is 0. The van der Waals surface area contributed by atoms with Gasteiger partial charge in [-0.05, 0) is 12.1 Å². The SMILES string of the molecule is O=C([O-])[C@H]1CS[C@@H](c2ccc(Cl)cc2)[NH2+]1. The van der Waals surface area contributed by atoms with E-state index >= 15 is 0 Å². The number of benzene rings is 1. The minimum Gasteiger partial charge on any atom is -0.544 e. The highest BCUT2D eigenvalue weighted by molar-refractivity contribution is 7.99. The van der Waals surface area contributed by atoms with Gasteiger partial charge in [0, 0.05) is 10.6 Å². The van der Waals surface area contributed by atoms with E-state index in [2.05, 4.69) is 0 Å². The van der Waals surface area contributed by atoms with Crippen molar-refractivity contribution in [3.05, 3.63) is 34.9 Å². The molecular formula is C10H10ClNO2S. The van der Waals surface area contributed by atoms with Gasteiger partial charge in [-0.1, -0.05) is 35.5 Å². The standard InChI is InChI=1S/C10H10ClNO2S/c11-7-3-1-6(2-4-7)9-12-8(5-15-9)10(13)14/h1-4,8-9,12H,5H2,(H,13,14)/t8-,9+/m1/s1. The van der Waals surface area contributed by atoms with Crippen LogP contribution in [0.25, 0.3) is 0 Å². The smallest absolute Gasteiger partial charge is 0.159 e. The summed E-state index contributed by atoms with van der Waals surface area (Å²) in [6.45, 7) is 0. The van der Waals surface area contributed by atoms with Crippen LogP contribution in [-0.4, -0.2) is 17.8 Å². The lowest BCUT2D eigenvalue weighted by atomic mass is 10.2. The summed E-state index contributed by atoms with van der Waals surface area (Å²) in [5.74, 6) is -0.394. The quantitative estimate of drug-likeness (QED) is 0.781. The molecule has 15 heavy (non-hydrogen) atoms. The van der Waals surface area contributed by atoms with Crippen LogP contribution in [0.5, 0.6) is 0 Å². The lowest BCUT2D eigenvalue weighted by Crippen LogP contribution is -2.90. The summed E-state index contributed by atoms with van der Waals surface area (Å²) in [5.41, 5.74) is 1.09. The normalized spacial score (nSPS) is 25.4.